The molecule has 0 saturated heterocycles. The number of halogens is 1. The molecule has 6 atom stereocenters. The van der Waals surface area contributed by atoms with Gasteiger partial charge in [-0.1, -0.05) is 127 Å². The maximum absolute atomic E-state index is 13.4. The summed E-state index contributed by atoms with van der Waals surface area (Å²) in [4.78, 5) is 0. The molecule has 0 spiro atoms. The van der Waals surface area contributed by atoms with E-state index >= 15 is 0 Å². The summed E-state index contributed by atoms with van der Waals surface area (Å²) in [6.45, 7) is 11.6. The van der Waals surface area contributed by atoms with E-state index in [4.69, 9.17) is 0 Å². The molecule has 2 fully saturated rings. The van der Waals surface area contributed by atoms with Gasteiger partial charge in [-0.15, -0.1) is 0 Å². The van der Waals surface area contributed by atoms with E-state index in [1.807, 2.05) is 6.92 Å². The predicted molar refractivity (Wildman–Crippen MR) is 190 cm³/mol. The number of aryl methyl sites for hydroxylation is 1. The van der Waals surface area contributed by atoms with E-state index in [1.54, 1.807) is 39.0 Å². The second kappa shape index (κ2) is 16.1. The Morgan fingerprint density at radius 2 is 1.48 bits per heavy atom. The van der Waals surface area contributed by atoms with Crippen molar-refractivity contribution < 1.29 is 4.39 Å². The Hall–Kier alpha value is -1.89. The monoisotopic (exact) mass is 598 g/mol. The standard InChI is InChI=1S/C43H63F/c1-6-8-15-18-33-26-35(37-24-22-31(4)40-28-43(37)40)23-21-30(3)39-27-34(42(29-41(33)39)38-25-32(38)5)19-16-13-11-9-10-12-14-17-20-36(44)7-2/h22-24,26-27,29-30,32,36,38,40,43H,6-21,25,28H2,1-5H3/b33-26-,35-23-. The molecule has 4 aliphatic carbocycles. The number of hydrogen-bond donors (Lipinski definition) is 0. The van der Waals surface area contributed by atoms with Crippen LogP contribution in [0, 0.1) is 17.8 Å². The summed E-state index contributed by atoms with van der Waals surface area (Å²) in [7, 11) is 0. The fourth-order valence-corrected chi connectivity index (χ4v) is 8.18. The van der Waals surface area contributed by atoms with Crippen LogP contribution in [-0.2, 0) is 6.42 Å². The molecule has 5 rings (SSSR count). The Morgan fingerprint density at radius 3 is 2.18 bits per heavy atom. The van der Waals surface area contributed by atoms with Crippen molar-refractivity contribution in [1.82, 2.24) is 0 Å². The quantitative estimate of drug-likeness (QED) is 0.147. The molecule has 0 nitrogen and oxygen atoms in total. The van der Waals surface area contributed by atoms with Crippen LogP contribution in [0.15, 0.2) is 53.2 Å². The molecule has 0 N–H and O–H groups in total. The van der Waals surface area contributed by atoms with E-state index < -0.39 is 6.17 Å². The summed E-state index contributed by atoms with van der Waals surface area (Å²) < 4.78 is 13.4. The average Bonchev–Trinajstić information content (AvgIpc) is 3.95. The highest BCUT2D eigenvalue weighted by molar-refractivity contribution is 5.75. The number of fused-ring (bicyclic) bond motifs is 2. The normalized spacial score (nSPS) is 28.7. The summed E-state index contributed by atoms with van der Waals surface area (Å²) in [6, 6.07) is 5.39. The largest absolute Gasteiger partial charge is 0.248 e. The predicted octanol–water partition coefficient (Wildman–Crippen LogP) is 13.5. The molecule has 0 bridgehead atoms. The molecule has 6 unspecified atom stereocenters. The van der Waals surface area contributed by atoms with Crippen molar-refractivity contribution in [3.05, 3.63) is 75.4 Å². The van der Waals surface area contributed by atoms with Crippen LogP contribution in [0.3, 0.4) is 0 Å². The van der Waals surface area contributed by atoms with Crippen molar-refractivity contribution in [1.29, 1.82) is 0 Å². The molecule has 0 amide bonds. The lowest BCUT2D eigenvalue weighted by Gasteiger charge is -2.25. The third-order valence-electron chi connectivity index (χ3n) is 11.6. The summed E-state index contributed by atoms with van der Waals surface area (Å²) >= 11 is 0. The van der Waals surface area contributed by atoms with Gasteiger partial charge in [0, 0.05) is 0 Å². The molecule has 44 heavy (non-hydrogen) atoms. The highest BCUT2D eigenvalue weighted by atomic mass is 19.1. The van der Waals surface area contributed by atoms with Crippen molar-refractivity contribution in [2.45, 2.75) is 168 Å². The molecule has 242 valence electrons. The van der Waals surface area contributed by atoms with Crippen molar-refractivity contribution in [3.63, 3.8) is 0 Å². The topological polar surface area (TPSA) is 0 Å². The second-order valence-electron chi connectivity index (χ2n) is 15.2. The third kappa shape index (κ3) is 8.67. The first-order valence-corrected chi connectivity index (χ1v) is 19.0. The van der Waals surface area contributed by atoms with Crippen molar-refractivity contribution in [2.24, 2.45) is 17.8 Å². The Bertz CT molecular complexity index is 1220. The zero-order valence-corrected chi connectivity index (χ0v) is 29.0. The van der Waals surface area contributed by atoms with E-state index in [-0.39, 0.29) is 0 Å². The molecule has 0 aromatic heterocycles. The molecule has 0 heterocycles. The van der Waals surface area contributed by atoms with Crippen molar-refractivity contribution in [2.75, 3.05) is 0 Å². The number of allylic oxidation sites excluding steroid dienone is 8. The van der Waals surface area contributed by atoms with Gasteiger partial charge in [-0.2, -0.15) is 0 Å². The molecule has 4 aliphatic rings. The lowest BCUT2D eigenvalue weighted by Crippen LogP contribution is -2.08. The van der Waals surface area contributed by atoms with Crippen LogP contribution in [0.2, 0.25) is 0 Å². The highest BCUT2D eigenvalue weighted by Crippen LogP contribution is 2.54. The highest BCUT2D eigenvalue weighted by Gasteiger charge is 2.43. The summed E-state index contributed by atoms with van der Waals surface area (Å²) in [5.74, 6) is 3.71. The van der Waals surface area contributed by atoms with E-state index in [9.17, 15) is 4.39 Å². The molecule has 1 heteroatoms. The number of benzene rings is 1. The van der Waals surface area contributed by atoms with Crippen LogP contribution < -0.4 is 0 Å². The maximum atomic E-state index is 13.4. The summed E-state index contributed by atoms with van der Waals surface area (Å²) in [5, 5.41) is 0. The van der Waals surface area contributed by atoms with Crippen LogP contribution in [0.5, 0.6) is 0 Å². The van der Waals surface area contributed by atoms with E-state index in [1.165, 1.54) is 95.5 Å². The third-order valence-corrected chi connectivity index (χ3v) is 11.6. The van der Waals surface area contributed by atoms with Gasteiger partial charge in [-0.05, 0) is 133 Å². The van der Waals surface area contributed by atoms with Crippen LogP contribution in [0.4, 0.5) is 4.39 Å². The van der Waals surface area contributed by atoms with Crippen LogP contribution in [0.1, 0.15) is 178 Å². The average molecular weight is 599 g/mol. The first-order valence-electron chi connectivity index (χ1n) is 19.0. The van der Waals surface area contributed by atoms with Gasteiger partial charge in [0.1, 0.15) is 0 Å². The van der Waals surface area contributed by atoms with E-state index in [2.05, 4.69) is 64.1 Å². The lowest BCUT2D eigenvalue weighted by atomic mass is 9.79. The van der Waals surface area contributed by atoms with Crippen LogP contribution in [0.25, 0.3) is 5.57 Å². The Balaban J connectivity index is 1.28. The minimum absolute atomic E-state index is 0.556. The molecular weight excluding hydrogens is 535 g/mol. The second-order valence-corrected chi connectivity index (χ2v) is 15.2. The Morgan fingerprint density at radius 1 is 0.773 bits per heavy atom. The smallest absolute Gasteiger partial charge is 0.0999 e. The molecule has 2 saturated carbocycles. The fraction of sp³-hybridized carbons (Fsp3) is 0.674. The van der Waals surface area contributed by atoms with Gasteiger partial charge in [0.2, 0.25) is 0 Å². The zero-order valence-electron chi connectivity index (χ0n) is 29.0. The first-order chi connectivity index (χ1) is 21.4. The van der Waals surface area contributed by atoms with Gasteiger partial charge in [-0.3, -0.25) is 0 Å². The van der Waals surface area contributed by atoms with E-state index in [0.717, 1.165) is 42.9 Å². The minimum Gasteiger partial charge on any atom is -0.248 e. The Labute approximate surface area is 270 Å². The first kappa shape index (κ1) is 33.5. The lowest BCUT2D eigenvalue weighted by molar-refractivity contribution is 0.296. The van der Waals surface area contributed by atoms with Crippen LogP contribution >= 0.6 is 0 Å². The number of hydrogen-bond acceptors (Lipinski definition) is 0. The molecular formula is C43H63F. The van der Waals surface area contributed by atoms with Gasteiger partial charge in [0.25, 0.3) is 0 Å². The van der Waals surface area contributed by atoms with Crippen LogP contribution in [-0.4, -0.2) is 6.17 Å². The van der Waals surface area contributed by atoms with Gasteiger partial charge >= 0.3 is 0 Å². The summed E-state index contributed by atoms with van der Waals surface area (Å²) in [5.41, 5.74) is 12.9. The molecule has 0 aliphatic heterocycles. The SMILES string of the molecule is CCCCC/C1=C/C(C2=CC=C(C)C3CC23)=C/CC(C)c2cc(CCCCCCCCCCC(F)CC)c(C3CC3C)cc21. The number of rotatable bonds is 18. The maximum Gasteiger partial charge on any atom is 0.0999 e. The van der Waals surface area contributed by atoms with Crippen molar-refractivity contribution >= 4 is 5.57 Å². The number of alkyl halides is 1. The zero-order chi connectivity index (χ0) is 31.1. The number of unbranched alkanes of at least 4 members (excludes halogenated alkanes) is 9. The summed E-state index contributed by atoms with van der Waals surface area (Å²) in [6.07, 6.45) is 31.4. The molecule has 0 radical (unpaired) electrons. The minimum atomic E-state index is -0.580. The fourth-order valence-electron chi connectivity index (χ4n) is 8.18. The van der Waals surface area contributed by atoms with E-state index in [0.29, 0.717) is 12.3 Å². The molecule has 1 aromatic rings. The van der Waals surface area contributed by atoms with Gasteiger partial charge in [-0.25, -0.2) is 4.39 Å². The van der Waals surface area contributed by atoms with Crippen molar-refractivity contribution in [3.8, 4) is 0 Å². The van der Waals surface area contributed by atoms with Gasteiger partial charge < -0.3 is 0 Å². The Kier molecular flexibility index (Phi) is 12.2. The van der Waals surface area contributed by atoms with Gasteiger partial charge in [0.05, 0.1) is 6.17 Å². The van der Waals surface area contributed by atoms with Gasteiger partial charge in [0.15, 0.2) is 0 Å². The molecule has 1 aromatic carbocycles.